The maximum atomic E-state index is 4.44. The molecule has 3 nitrogen and oxygen atoms in total. The van der Waals surface area contributed by atoms with Crippen LogP contribution in [-0.2, 0) is 0 Å². The third kappa shape index (κ3) is 3.44. The van der Waals surface area contributed by atoms with Gasteiger partial charge in [0.2, 0.25) is 0 Å². The van der Waals surface area contributed by atoms with Gasteiger partial charge in [0, 0.05) is 12.2 Å². The van der Waals surface area contributed by atoms with Crippen LogP contribution in [0.1, 0.15) is 52.8 Å². The summed E-state index contributed by atoms with van der Waals surface area (Å²) in [6.07, 6.45) is 5.53. The molecule has 0 radical (unpaired) electrons. The summed E-state index contributed by atoms with van der Waals surface area (Å²) in [5.74, 6) is 1.79. The molecule has 1 heterocycles. The fourth-order valence-corrected chi connectivity index (χ4v) is 3.69. The summed E-state index contributed by atoms with van der Waals surface area (Å²) >= 11 is 0. The van der Waals surface area contributed by atoms with Crippen LogP contribution in [0.4, 0.5) is 5.82 Å². The van der Waals surface area contributed by atoms with E-state index in [1.807, 2.05) is 19.2 Å². The maximum Gasteiger partial charge on any atom is 0.129 e. The molecule has 1 N–H and O–H groups in total. The first-order valence-electron chi connectivity index (χ1n) is 6.82. The zero-order valence-corrected chi connectivity index (χ0v) is 12.2. The SMILES string of the molecule is Cc1nccc(NC2CC(C)(C)CC(C)(C)C2)n1. The van der Waals surface area contributed by atoms with Crippen molar-refractivity contribution in [2.45, 2.75) is 59.9 Å². The highest BCUT2D eigenvalue weighted by atomic mass is 15.0. The summed E-state index contributed by atoms with van der Waals surface area (Å²) in [6.45, 7) is 11.4. The number of hydrogen-bond donors (Lipinski definition) is 1. The normalized spacial score (nSPS) is 22.7. The minimum atomic E-state index is 0.404. The molecule has 0 saturated heterocycles. The molecule has 0 bridgehead atoms. The Kier molecular flexibility index (Phi) is 3.35. The second kappa shape index (κ2) is 4.52. The lowest BCUT2D eigenvalue weighted by molar-refractivity contribution is 0.105. The summed E-state index contributed by atoms with van der Waals surface area (Å²) in [5.41, 5.74) is 0.809. The van der Waals surface area contributed by atoms with Crippen LogP contribution in [0.2, 0.25) is 0 Å². The smallest absolute Gasteiger partial charge is 0.129 e. The summed E-state index contributed by atoms with van der Waals surface area (Å²) in [5, 5.41) is 3.58. The standard InChI is InChI=1S/C15H25N3/c1-11-16-7-6-13(17-11)18-12-8-14(2,3)10-15(4,5)9-12/h6-7,12H,8-10H2,1-5H3,(H,16,17,18). The summed E-state index contributed by atoms with van der Waals surface area (Å²) in [6, 6.07) is 2.47. The third-order valence-electron chi connectivity index (χ3n) is 3.68. The predicted molar refractivity (Wildman–Crippen MR) is 75.6 cm³/mol. The highest BCUT2D eigenvalue weighted by Gasteiger charge is 2.38. The highest BCUT2D eigenvalue weighted by molar-refractivity contribution is 5.34. The van der Waals surface area contributed by atoms with Crippen molar-refractivity contribution in [3.05, 3.63) is 18.1 Å². The molecule has 1 aliphatic rings. The molecule has 1 saturated carbocycles. The van der Waals surface area contributed by atoms with E-state index in [1.54, 1.807) is 0 Å². The predicted octanol–water partition coefficient (Wildman–Crippen LogP) is 3.80. The molecule has 3 heteroatoms. The fourth-order valence-electron chi connectivity index (χ4n) is 3.69. The van der Waals surface area contributed by atoms with E-state index in [-0.39, 0.29) is 0 Å². The zero-order chi connectivity index (χ0) is 13.4. The first kappa shape index (κ1) is 13.3. The summed E-state index contributed by atoms with van der Waals surface area (Å²) < 4.78 is 0. The molecular weight excluding hydrogens is 222 g/mol. The van der Waals surface area contributed by atoms with Gasteiger partial charge in [0.25, 0.3) is 0 Å². The molecule has 0 spiro atoms. The lowest BCUT2D eigenvalue weighted by atomic mass is 9.63. The van der Waals surface area contributed by atoms with Crippen LogP contribution >= 0.6 is 0 Å². The van der Waals surface area contributed by atoms with Crippen molar-refractivity contribution >= 4 is 5.82 Å². The Morgan fingerprint density at radius 3 is 2.33 bits per heavy atom. The van der Waals surface area contributed by atoms with Crippen LogP contribution in [-0.4, -0.2) is 16.0 Å². The van der Waals surface area contributed by atoms with Crippen molar-refractivity contribution in [3.8, 4) is 0 Å². The van der Waals surface area contributed by atoms with Gasteiger partial charge in [-0.3, -0.25) is 0 Å². The van der Waals surface area contributed by atoms with Crippen molar-refractivity contribution in [1.82, 2.24) is 9.97 Å². The van der Waals surface area contributed by atoms with Gasteiger partial charge in [-0.05, 0) is 43.1 Å². The number of anilines is 1. The van der Waals surface area contributed by atoms with Crippen molar-refractivity contribution in [1.29, 1.82) is 0 Å². The molecule has 100 valence electrons. The maximum absolute atomic E-state index is 4.44. The number of rotatable bonds is 2. The van der Waals surface area contributed by atoms with Crippen molar-refractivity contribution in [2.75, 3.05) is 5.32 Å². The van der Waals surface area contributed by atoms with Gasteiger partial charge in [-0.15, -0.1) is 0 Å². The lowest BCUT2D eigenvalue weighted by Gasteiger charge is -2.45. The van der Waals surface area contributed by atoms with Crippen LogP contribution in [0.3, 0.4) is 0 Å². The Morgan fingerprint density at radius 2 is 1.78 bits per heavy atom. The molecule has 1 aliphatic carbocycles. The molecule has 0 unspecified atom stereocenters. The number of aromatic nitrogens is 2. The van der Waals surface area contributed by atoms with Gasteiger partial charge in [0.05, 0.1) is 0 Å². The Morgan fingerprint density at radius 1 is 1.17 bits per heavy atom. The van der Waals surface area contributed by atoms with E-state index in [0.717, 1.165) is 11.6 Å². The molecule has 18 heavy (non-hydrogen) atoms. The molecule has 1 aromatic heterocycles. The van der Waals surface area contributed by atoms with E-state index in [2.05, 4.69) is 43.0 Å². The van der Waals surface area contributed by atoms with Crippen LogP contribution in [0.25, 0.3) is 0 Å². The molecule has 0 aromatic carbocycles. The summed E-state index contributed by atoms with van der Waals surface area (Å²) in [7, 11) is 0. The largest absolute Gasteiger partial charge is 0.367 e. The number of nitrogens with zero attached hydrogens (tertiary/aromatic N) is 2. The second-order valence-corrected chi connectivity index (χ2v) is 7.24. The Hall–Kier alpha value is -1.12. The molecule has 0 atom stereocenters. The highest BCUT2D eigenvalue weighted by Crippen LogP contribution is 2.46. The van der Waals surface area contributed by atoms with E-state index in [9.17, 15) is 0 Å². The number of aryl methyl sites for hydroxylation is 1. The topological polar surface area (TPSA) is 37.8 Å². The van der Waals surface area contributed by atoms with Gasteiger partial charge in [0.1, 0.15) is 11.6 Å². The Balaban J connectivity index is 2.09. The van der Waals surface area contributed by atoms with E-state index >= 15 is 0 Å². The van der Waals surface area contributed by atoms with Crippen LogP contribution in [0.15, 0.2) is 12.3 Å². The van der Waals surface area contributed by atoms with Crippen molar-refractivity contribution in [3.63, 3.8) is 0 Å². The molecule has 1 aromatic rings. The molecule has 0 amide bonds. The van der Waals surface area contributed by atoms with Gasteiger partial charge in [-0.1, -0.05) is 27.7 Å². The molecule has 0 aliphatic heterocycles. The van der Waals surface area contributed by atoms with Crippen LogP contribution in [0, 0.1) is 17.8 Å². The first-order valence-corrected chi connectivity index (χ1v) is 6.82. The van der Waals surface area contributed by atoms with Gasteiger partial charge in [0.15, 0.2) is 0 Å². The quantitative estimate of drug-likeness (QED) is 0.863. The van der Waals surface area contributed by atoms with Gasteiger partial charge >= 0.3 is 0 Å². The Labute approximate surface area is 110 Å². The zero-order valence-electron chi connectivity index (χ0n) is 12.2. The second-order valence-electron chi connectivity index (χ2n) is 7.24. The minimum Gasteiger partial charge on any atom is -0.367 e. The lowest BCUT2D eigenvalue weighted by Crippen LogP contribution is -2.40. The average Bonchev–Trinajstić information content (AvgIpc) is 2.11. The van der Waals surface area contributed by atoms with Crippen LogP contribution in [0.5, 0.6) is 0 Å². The van der Waals surface area contributed by atoms with E-state index < -0.39 is 0 Å². The van der Waals surface area contributed by atoms with Crippen molar-refractivity contribution < 1.29 is 0 Å². The number of nitrogens with one attached hydrogen (secondary N) is 1. The monoisotopic (exact) mass is 247 g/mol. The molecule has 2 rings (SSSR count). The van der Waals surface area contributed by atoms with E-state index in [4.69, 9.17) is 0 Å². The van der Waals surface area contributed by atoms with Crippen molar-refractivity contribution in [2.24, 2.45) is 10.8 Å². The molecular formula is C15H25N3. The van der Waals surface area contributed by atoms with Gasteiger partial charge in [-0.25, -0.2) is 9.97 Å². The molecule has 1 fully saturated rings. The summed E-state index contributed by atoms with van der Waals surface area (Å²) in [4.78, 5) is 8.58. The first-order chi connectivity index (χ1) is 8.26. The number of hydrogen-bond acceptors (Lipinski definition) is 3. The van der Waals surface area contributed by atoms with E-state index in [0.29, 0.717) is 16.9 Å². The van der Waals surface area contributed by atoms with Gasteiger partial charge in [-0.2, -0.15) is 0 Å². The minimum absolute atomic E-state index is 0.404. The van der Waals surface area contributed by atoms with E-state index in [1.165, 1.54) is 19.3 Å². The fraction of sp³-hybridized carbons (Fsp3) is 0.733. The third-order valence-corrected chi connectivity index (χ3v) is 3.68. The Bertz CT molecular complexity index is 408. The van der Waals surface area contributed by atoms with Crippen LogP contribution < -0.4 is 5.32 Å². The van der Waals surface area contributed by atoms with Gasteiger partial charge < -0.3 is 5.32 Å². The average molecular weight is 247 g/mol.